The normalized spacial score (nSPS) is 35.7. The molecule has 6 radical (unpaired) electrons. The van der Waals surface area contributed by atoms with Crippen LogP contribution in [0.4, 0.5) is 4.39 Å². The van der Waals surface area contributed by atoms with E-state index < -0.39 is 44.4 Å². The Balaban J connectivity index is 2.64. The van der Waals surface area contributed by atoms with Crippen molar-refractivity contribution in [2.45, 2.75) is 29.1 Å². The summed E-state index contributed by atoms with van der Waals surface area (Å²) in [5.74, 6) is -3.53. The molecule has 0 aliphatic carbocycles. The van der Waals surface area contributed by atoms with Gasteiger partial charge in [-0.1, -0.05) is 11.6 Å². The first-order valence-electron chi connectivity index (χ1n) is 5.71. The van der Waals surface area contributed by atoms with Gasteiger partial charge < -0.3 is 24.6 Å². The van der Waals surface area contributed by atoms with Crippen LogP contribution < -0.4 is 5.56 Å². The lowest BCUT2D eigenvalue weighted by atomic mass is 9.59. The van der Waals surface area contributed by atoms with E-state index in [-0.39, 0.29) is 0 Å². The molecule has 0 bridgehead atoms. The number of H-pyrrole nitrogens is 1. The number of nitrogens with zero attached hydrogens (tertiary/aromatic N) is 1. The molecule has 1 aromatic rings. The van der Waals surface area contributed by atoms with Gasteiger partial charge in [0, 0.05) is 11.6 Å². The average Bonchev–Trinajstić information content (AvgIpc) is 2.56. The van der Waals surface area contributed by atoms with E-state index in [2.05, 4.69) is 4.98 Å². The summed E-state index contributed by atoms with van der Waals surface area (Å²) >= 11 is 10.4. The van der Waals surface area contributed by atoms with Crippen molar-refractivity contribution in [3.8, 4) is 0 Å². The van der Waals surface area contributed by atoms with Crippen molar-refractivity contribution in [3.05, 3.63) is 26.3 Å². The third kappa shape index (κ3) is 2.38. The van der Waals surface area contributed by atoms with Crippen molar-refractivity contribution < 1.29 is 24.4 Å². The lowest BCUT2D eigenvalue weighted by Crippen LogP contribution is -2.59. The molecule has 7 nitrogen and oxygen atoms in total. The van der Waals surface area contributed by atoms with E-state index in [0.717, 1.165) is 6.20 Å². The van der Waals surface area contributed by atoms with Crippen molar-refractivity contribution in [3.63, 3.8) is 0 Å². The zero-order valence-corrected chi connectivity index (χ0v) is 12.3. The second-order valence-corrected chi connectivity index (χ2v) is 5.61. The van der Waals surface area contributed by atoms with Crippen LogP contribution in [0.15, 0.2) is 11.0 Å². The van der Waals surface area contributed by atoms with Crippen LogP contribution in [-0.4, -0.2) is 71.9 Å². The molecule has 22 heavy (non-hydrogen) atoms. The number of aliphatic hydroxyl groups excluding tert-OH is 2. The highest BCUT2D eigenvalue weighted by molar-refractivity contribution is 7.71. The SMILES string of the molecule is [B]C([B])(O)[C@@]1(F)O[C@@]([B])(n2cc(Cl)c(=O)[nH]c2=S)[C@H](O)[C@@H]1O. The Labute approximate surface area is 137 Å². The third-order valence-corrected chi connectivity index (χ3v) is 3.80. The molecule has 1 saturated heterocycles. The van der Waals surface area contributed by atoms with Gasteiger partial charge in [0.05, 0.1) is 0 Å². The minimum Gasteiger partial charge on any atom is -0.403 e. The van der Waals surface area contributed by atoms with Gasteiger partial charge in [0.15, 0.2) is 4.77 Å². The number of halogens is 2. The highest BCUT2D eigenvalue weighted by atomic mass is 35.5. The standard InChI is InChI=1S/C9H7B3ClFN2O5S/c10-8(16-1-2(13)5(19)15-6(16)22)4(18)3(17)7(14,21-8)9(11,12)20/h1,3-4,17-18,20H,(H,15,19,22)/t3-,4+,7-,8-/m0/s1. The van der Waals surface area contributed by atoms with Crippen molar-refractivity contribution in [1.82, 2.24) is 9.55 Å². The van der Waals surface area contributed by atoms with E-state index in [1.165, 1.54) is 0 Å². The molecule has 0 aromatic carbocycles. The fraction of sp³-hybridized carbons (Fsp3) is 0.556. The first kappa shape index (κ1) is 17.7. The molecule has 0 saturated carbocycles. The monoisotopic (exact) mass is 342 g/mol. The van der Waals surface area contributed by atoms with Gasteiger partial charge in [-0.15, -0.1) is 0 Å². The second-order valence-electron chi connectivity index (χ2n) is 4.82. The van der Waals surface area contributed by atoms with Crippen LogP contribution in [0.2, 0.25) is 5.02 Å². The van der Waals surface area contributed by atoms with Crippen molar-refractivity contribution in [1.29, 1.82) is 0 Å². The van der Waals surface area contributed by atoms with Gasteiger partial charge in [0.25, 0.3) is 11.4 Å². The first-order chi connectivity index (χ1) is 9.84. The Morgan fingerprint density at radius 3 is 2.50 bits per heavy atom. The van der Waals surface area contributed by atoms with Gasteiger partial charge in [-0.3, -0.25) is 9.78 Å². The van der Waals surface area contributed by atoms with Crippen LogP contribution in [0.1, 0.15) is 0 Å². The molecule has 4 N–H and O–H groups in total. The number of aromatic amines is 1. The Morgan fingerprint density at radius 2 is 2.05 bits per heavy atom. The van der Waals surface area contributed by atoms with Crippen LogP contribution in [0.5, 0.6) is 0 Å². The lowest BCUT2D eigenvalue weighted by Gasteiger charge is -2.37. The van der Waals surface area contributed by atoms with Crippen molar-refractivity contribution in [2.24, 2.45) is 0 Å². The Hall–Kier alpha value is -0.645. The molecule has 1 fully saturated rings. The van der Waals surface area contributed by atoms with Crippen LogP contribution in [0, 0.1) is 4.77 Å². The predicted molar refractivity (Wildman–Crippen MR) is 78.0 cm³/mol. The zero-order valence-electron chi connectivity index (χ0n) is 10.7. The molecule has 0 unspecified atom stereocenters. The number of nitrogens with one attached hydrogen (secondary N) is 1. The molecule has 0 spiro atoms. The number of aliphatic hydroxyl groups is 3. The molecule has 1 aromatic heterocycles. The molecule has 1 aliphatic rings. The number of ether oxygens (including phenoxy) is 1. The summed E-state index contributed by atoms with van der Waals surface area (Å²) < 4.78 is 19.6. The summed E-state index contributed by atoms with van der Waals surface area (Å²) in [7, 11) is 15.7. The van der Waals surface area contributed by atoms with E-state index in [9.17, 15) is 24.5 Å². The van der Waals surface area contributed by atoms with Gasteiger partial charge in [-0.2, -0.15) is 0 Å². The number of hydrogen-bond acceptors (Lipinski definition) is 6. The maximum atomic E-state index is 14.6. The molecule has 0 amide bonds. The highest BCUT2D eigenvalue weighted by Gasteiger charge is 2.66. The van der Waals surface area contributed by atoms with E-state index in [4.69, 9.17) is 52.1 Å². The lowest BCUT2D eigenvalue weighted by molar-refractivity contribution is -0.242. The van der Waals surface area contributed by atoms with Gasteiger partial charge in [-0.05, 0) is 12.2 Å². The predicted octanol–water partition coefficient (Wildman–Crippen LogP) is -2.26. The number of alkyl halides is 1. The average molecular weight is 342 g/mol. The molecule has 13 heteroatoms. The molecule has 2 heterocycles. The Bertz CT molecular complexity index is 726. The number of hydrogen-bond donors (Lipinski definition) is 4. The van der Waals surface area contributed by atoms with E-state index in [0.29, 0.717) is 4.57 Å². The quantitative estimate of drug-likeness (QED) is 0.357. The maximum Gasteiger partial charge on any atom is 0.270 e. The van der Waals surface area contributed by atoms with Crippen molar-refractivity contribution in [2.75, 3.05) is 0 Å². The smallest absolute Gasteiger partial charge is 0.270 e. The van der Waals surface area contributed by atoms with Crippen LogP contribution in [0.3, 0.4) is 0 Å². The molecule has 4 atom stereocenters. The first-order valence-corrected chi connectivity index (χ1v) is 6.49. The number of rotatable bonds is 2. The maximum absolute atomic E-state index is 14.6. The van der Waals surface area contributed by atoms with Crippen LogP contribution >= 0.6 is 23.8 Å². The molecule has 2 rings (SSSR count). The van der Waals surface area contributed by atoms with E-state index in [1.807, 2.05) is 0 Å². The molecule has 1 aliphatic heterocycles. The molecular formula is C9H7B3ClFN2O5S. The van der Waals surface area contributed by atoms with Gasteiger partial charge in [0.1, 0.15) is 46.4 Å². The fourth-order valence-electron chi connectivity index (χ4n) is 2.01. The highest BCUT2D eigenvalue weighted by Crippen LogP contribution is 2.45. The second kappa shape index (κ2) is 5.18. The minimum atomic E-state index is -3.53. The Morgan fingerprint density at radius 1 is 1.50 bits per heavy atom. The Kier molecular flexibility index (Phi) is 4.17. The largest absolute Gasteiger partial charge is 0.403 e. The van der Waals surface area contributed by atoms with E-state index >= 15 is 0 Å². The molecular weight excluding hydrogens is 335 g/mol. The van der Waals surface area contributed by atoms with E-state index in [1.54, 1.807) is 0 Å². The summed E-state index contributed by atoms with van der Waals surface area (Å²) in [5.41, 5.74) is -3.31. The minimum absolute atomic E-state index is 0.398. The molecule has 112 valence electrons. The fourth-order valence-corrected chi connectivity index (χ4v) is 2.44. The van der Waals surface area contributed by atoms with Crippen molar-refractivity contribution >= 4 is 47.4 Å². The third-order valence-electron chi connectivity index (χ3n) is 3.24. The van der Waals surface area contributed by atoms with Crippen LogP contribution in [0.25, 0.3) is 0 Å². The summed E-state index contributed by atoms with van der Waals surface area (Å²) in [6.07, 6.45) is -3.73. The van der Waals surface area contributed by atoms with Gasteiger partial charge in [-0.25, -0.2) is 4.39 Å². The number of aromatic nitrogens is 2. The zero-order chi connectivity index (χ0) is 17.1. The summed E-state index contributed by atoms with van der Waals surface area (Å²) in [6.45, 7) is 0. The summed E-state index contributed by atoms with van der Waals surface area (Å²) in [5, 5.41) is 25.6. The summed E-state index contributed by atoms with van der Waals surface area (Å²) in [6, 6.07) is 0. The topological polar surface area (TPSA) is 108 Å². The van der Waals surface area contributed by atoms with Crippen LogP contribution in [-0.2, 0) is 10.4 Å². The summed E-state index contributed by atoms with van der Waals surface area (Å²) in [4.78, 5) is 13.4. The van der Waals surface area contributed by atoms with Gasteiger partial charge in [0.2, 0.25) is 0 Å². The van der Waals surface area contributed by atoms with Gasteiger partial charge >= 0.3 is 0 Å².